The standard InChI is InChI=1S/C30H31ClN6O4/c1-6-22-24(40-17(3)34-22)13-16(2)20-15-33-26-25(20)28(41-19-9-11-30(4,39)12-10-19)37-29(36-26)35-23-8-7-18(14-21(23)31)27(38)32-5/h1,7-8,13-15,19,39H,9-12H2,2-5H3,(H,32,38)(H2,33,35,36,37)/b16-13+/t19-,30+. The average Bonchev–Trinajstić information content (AvgIpc) is 3.53. The molecule has 212 valence electrons. The fourth-order valence-corrected chi connectivity index (χ4v) is 5.11. The SMILES string of the molecule is C#Cc1nc(C)oc1/C=C(\C)c1c[nH]c2nc(Nc3ccc(C(=O)NC)cc3Cl)nc(O[C@H]3CC[C@@](C)(O)CC3)c12. The van der Waals surface area contributed by atoms with Crippen LogP contribution in [0.3, 0.4) is 0 Å². The topological polar surface area (TPSA) is 138 Å². The molecular formula is C30H31ClN6O4. The lowest BCUT2D eigenvalue weighted by molar-refractivity contribution is -0.0114. The number of benzene rings is 1. The number of aromatic amines is 1. The van der Waals surface area contributed by atoms with E-state index in [0.29, 0.717) is 76.2 Å². The van der Waals surface area contributed by atoms with E-state index in [0.717, 1.165) is 11.1 Å². The number of anilines is 2. The number of aliphatic hydroxyl groups is 1. The van der Waals surface area contributed by atoms with Crippen molar-refractivity contribution in [3.8, 4) is 18.2 Å². The Morgan fingerprint density at radius 2 is 2.07 bits per heavy atom. The van der Waals surface area contributed by atoms with Crippen molar-refractivity contribution >= 4 is 51.8 Å². The van der Waals surface area contributed by atoms with Crippen LogP contribution < -0.4 is 15.4 Å². The summed E-state index contributed by atoms with van der Waals surface area (Å²) < 4.78 is 12.2. The van der Waals surface area contributed by atoms with E-state index in [1.54, 1.807) is 32.2 Å². The number of fused-ring (bicyclic) bond motifs is 1. The molecule has 0 atom stereocenters. The Bertz CT molecular complexity index is 1690. The highest BCUT2D eigenvalue weighted by Gasteiger charge is 2.31. The first-order valence-corrected chi connectivity index (χ1v) is 13.6. The average molecular weight is 575 g/mol. The van der Waals surface area contributed by atoms with Gasteiger partial charge in [0.15, 0.2) is 17.3 Å². The van der Waals surface area contributed by atoms with Gasteiger partial charge in [-0.1, -0.05) is 11.6 Å². The smallest absolute Gasteiger partial charge is 0.251 e. The first kappa shape index (κ1) is 28.2. The summed E-state index contributed by atoms with van der Waals surface area (Å²) in [6, 6.07) is 4.93. The molecule has 0 saturated heterocycles. The number of rotatable bonds is 7. The molecule has 1 amide bonds. The highest BCUT2D eigenvalue weighted by Crippen LogP contribution is 2.37. The molecule has 1 fully saturated rings. The van der Waals surface area contributed by atoms with Gasteiger partial charge < -0.3 is 29.9 Å². The monoisotopic (exact) mass is 574 g/mol. The molecule has 10 nitrogen and oxygen atoms in total. The van der Waals surface area contributed by atoms with Crippen LogP contribution >= 0.6 is 11.6 Å². The van der Waals surface area contributed by atoms with E-state index < -0.39 is 5.60 Å². The molecule has 0 bridgehead atoms. The maximum atomic E-state index is 12.0. The largest absolute Gasteiger partial charge is 0.474 e. The molecule has 3 heterocycles. The Hall–Kier alpha value is -4.33. The van der Waals surface area contributed by atoms with Gasteiger partial charge in [-0.25, -0.2) is 4.98 Å². The maximum Gasteiger partial charge on any atom is 0.251 e. The zero-order valence-corrected chi connectivity index (χ0v) is 24.0. The number of ether oxygens (including phenoxy) is 1. The van der Waals surface area contributed by atoms with Crippen molar-refractivity contribution in [1.82, 2.24) is 25.3 Å². The summed E-state index contributed by atoms with van der Waals surface area (Å²) >= 11 is 6.47. The quantitative estimate of drug-likeness (QED) is 0.208. The van der Waals surface area contributed by atoms with Gasteiger partial charge in [-0.3, -0.25) is 4.79 Å². The lowest BCUT2D eigenvalue weighted by atomic mass is 9.85. The fourth-order valence-electron chi connectivity index (χ4n) is 4.88. The number of amides is 1. The molecule has 4 N–H and O–H groups in total. The minimum Gasteiger partial charge on any atom is -0.474 e. The predicted octanol–water partition coefficient (Wildman–Crippen LogP) is 5.63. The number of oxazole rings is 1. The van der Waals surface area contributed by atoms with Gasteiger partial charge in [-0.05, 0) is 75.3 Å². The van der Waals surface area contributed by atoms with Crippen molar-refractivity contribution in [1.29, 1.82) is 0 Å². The van der Waals surface area contributed by atoms with Crippen LogP contribution in [-0.2, 0) is 0 Å². The van der Waals surface area contributed by atoms with Gasteiger partial charge in [-0.2, -0.15) is 9.97 Å². The zero-order valence-electron chi connectivity index (χ0n) is 23.3. The van der Waals surface area contributed by atoms with Crippen LogP contribution in [0.25, 0.3) is 22.7 Å². The van der Waals surface area contributed by atoms with Gasteiger partial charge in [0.1, 0.15) is 11.8 Å². The molecule has 1 aromatic carbocycles. The number of halogens is 1. The summed E-state index contributed by atoms with van der Waals surface area (Å²) in [4.78, 5) is 28.9. The van der Waals surface area contributed by atoms with Gasteiger partial charge in [0.25, 0.3) is 5.91 Å². The number of terminal acetylenes is 1. The first-order chi connectivity index (χ1) is 19.6. The molecule has 3 aromatic heterocycles. The molecule has 1 aliphatic carbocycles. The minimum atomic E-state index is -0.701. The molecule has 5 rings (SSSR count). The second kappa shape index (κ2) is 11.3. The van der Waals surface area contributed by atoms with Gasteiger partial charge in [0.2, 0.25) is 11.8 Å². The Labute approximate surface area is 242 Å². The minimum absolute atomic E-state index is 0.131. The van der Waals surface area contributed by atoms with E-state index >= 15 is 0 Å². The number of aromatic nitrogens is 4. The Morgan fingerprint density at radius 1 is 1.32 bits per heavy atom. The van der Waals surface area contributed by atoms with Gasteiger partial charge in [0.05, 0.1) is 21.7 Å². The molecule has 1 aliphatic rings. The number of hydrogen-bond acceptors (Lipinski definition) is 8. The van der Waals surface area contributed by atoms with E-state index in [4.69, 9.17) is 32.2 Å². The molecular weight excluding hydrogens is 544 g/mol. The van der Waals surface area contributed by atoms with Crippen molar-refractivity contribution in [2.75, 3.05) is 12.4 Å². The van der Waals surface area contributed by atoms with Crippen LogP contribution in [0, 0.1) is 19.3 Å². The summed E-state index contributed by atoms with van der Waals surface area (Å²) in [5.41, 5.74) is 2.90. The third kappa shape index (κ3) is 6.06. The third-order valence-electron chi connectivity index (χ3n) is 7.16. The number of nitrogens with one attached hydrogen (secondary N) is 3. The molecule has 0 unspecified atom stereocenters. The lowest BCUT2D eigenvalue weighted by Crippen LogP contribution is -2.35. The van der Waals surface area contributed by atoms with Crippen LogP contribution in [-0.4, -0.2) is 49.7 Å². The molecule has 1 saturated carbocycles. The van der Waals surface area contributed by atoms with E-state index in [1.807, 2.05) is 26.1 Å². The van der Waals surface area contributed by atoms with E-state index in [9.17, 15) is 9.90 Å². The second-order valence-electron chi connectivity index (χ2n) is 10.4. The third-order valence-corrected chi connectivity index (χ3v) is 7.47. The molecule has 4 aromatic rings. The molecule has 41 heavy (non-hydrogen) atoms. The first-order valence-electron chi connectivity index (χ1n) is 13.3. The lowest BCUT2D eigenvalue weighted by Gasteiger charge is -2.33. The normalized spacial score (nSPS) is 19.1. The number of carbonyl (C=O) groups excluding carboxylic acids is 1. The van der Waals surface area contributed by atoms with Crippen molar-refractivity contribution < 1.29 is 19.1 Å². The Balaban J connectivity index is 1.54. The number of hydrogen-bond donors (Lipinski definition) is 4. The Morgan fingerprint density at radius 3 is 2.76 bits per heavy atom. The fraction of sp³-hybridized carbons (Fsp3) is 0.333. The van der Waals surface area contributed by atoms with Crippen LogP contribution in [0.5, 0.6) is 5.88 Å². The summed E-state index contributed by atoms with van der Waals surface area (Å²) in [5, 5.41) is 17.2. The van der Waals surface area contributed by atoms with Crippen LogP contribution in [0.15, 0.2) is 28.8 Å². The highest BCUT2D eigenvalue weighted by atomic mass is 35.5. The predicted molar refractivity (Wildman–Crippen MR) is 158 cm³/mol. The van der Waals surface area contributed by atoms with Crippen LogP contribution in [0.1, 0.15) is 72.8 Å². The molecule has 0 radical (unpaired) electrons. The van der Waals surface area contributed by atoms with E-state index in [1.165, 1.54) is 0 Å². The summed E-state index contributed by atoms with van der Waals surface area (Å²) in [6.07, 6.45) is 11.8. The summed E-state index contributed by atoms with van der Waals surface area (Å²) in [5.74, 6) is 3.94. The zero-order chi connectivity index (χ0) is 29.3. The number of allylic oxidation sites excluding steroid dienone is 1. The highest BCUT2D eigenvalue weighted by molar-refractivity contribution is 6.33. The van der Waals surface area contributed by atoms with Crippen LogP contribution in [0.4, 0.5) is 11.6 Å². The molecule has 11 heteroatoms. The molecule has 0 aliphatic heterocycles. The van der Waals surface area contributed by atoms with Crippen molar-refractivity contribution in [3.05, 3.63) is 57.9 Å². The van der Waals surface area contributed by atoms with Gasteiger partial charge in [0, 0.05) is 31.3 Å². The van der Waals surface area contributed by atoms with E-state index in [2.05, 4.69) is 31.5 Å². The maximum absolute atomic E-state index is 12.0. The van der Waals surface area contributed by atoms with Crippen LogP contribution in [0.2, 0.25) is 5.02 Å². The summed E-state index contributed by atoms with van der Waals surface area (Å²) in [6.45, 7) is 5.52. The van der Waals surface area contributed by atoms with Crippen molar-refractivity contribution in [3.63, 3.8) is 0 Å². The number of H-pyrrole nitrogens is 1. The number of carbonyl (C=O) groups is 1. The van der Waals surface area contributed by atoms with Gasteiger partial charge >= 0.3 is 0 Å². The number of aryl methyl sites for hydroxylation is 1. The number of nitrogens with zero attached hydrogens (tertiary/aromatic N) is 3. The summed E-state index contributed by atoms with van der Waals surface area (Å²) in [7, 11) is 1.56. The Kier molecular flexibility index (Phi) is 7.76. The second-order valence-corrected chi connectivity index (χ2v) is 10.8. The van der Waals surface area contributed by atoms with E-state index in [-0.39, 0.29) is 18.0 Å². The van der Waals surface area contributed by atoms with Crippen molar-refractivity contribution in [2.45, 2.75) is 58.2 Å². The van der Waals surface area contributed by atoms with Gasteiger partial charge in [-0.15, -0.1) is 6.42 Å². The van der Waals surface area contributed by atoms with Crippen molar-refractivity contribution in [2.24, 2.45) is 0 Å². The molecule has 0 spiro atoms.